The van der Waals surface area contributed by atoms with Gasteiger partial charge in [-0.3, -0.25) is 4.79 Å². The van der Waals surface area contributed by atoms with Gasteiger partial charge in [-0.05, 0) is 6.54 Å². The number of carbonyl (C=O) groups is 1. The molecule has 5 nitrogen and oxygen atoms in total. The Labute approximate surface area is 91.6 Å². The van der Waals surface area contributed by atoms with Crippen molar-refractivity contribution in [2.45, 2.75) is 12.5 Å². The Bertz CT molecular complexity index is 349. The molecule has 0 saturated carbocycles. The van der Waals surface area contributed by atoms with E-state index in [0.29, 0.717) is 25.5 Å². The summed E-state index contributed by atoms with van der Waals surface area (Å²) in [6.07, 6.45) is 0.727. The second-order valence-electron chi connectivity index (χ2n) is 3.37. The first-order valence-corrected chi connectivity index (χ1v) is 5.70. The summed E-state index contributed by atoms with van der Waals surface area (Å²) in [5, 5.41) is 5.51. The van der Waals surface area contributed by atoms with Gasteiger partial charge in [0.25, 0.3) is 5.91 Å². The SMILES string of the molecule is NCCc1nc(C(=O)NC2COC2)cs1. The first-order valence-electron chi connectivity index (χ1n) is 4.82. The van der Waals surface area contributed by atoms with E-state index in [9.17, 15) is 4.79 Å². The number of carbonyl (C=O) groups excluding carboxylic acids is 1. The second-order valence-corrected chi connectivity index (χ2v) is 4.32. The zero-order valence-corrected chi connectivity index (χ0v) is 9.05. The second kappa shape index (κ2) is 4.69. The van der Waals surface area contributed by atoms with Crippen LogP contribution in [0.1, 0.15) is 15.5 Å². The third-order valence-electron chi connectivity index (χ3n) is 2.12. The number of nitrogens with one attached hydrogen (secondary N) is 1. The van der Waals surface area contributed by atoms with Crippen molar-refractivity contribution in [2.24, 2.45) is 5.73 Å². The van der Waals surface area contributed by atoms with Gasteiger partial charge in [-0.15, -0.1) is 11.3 Å². The molecule has 0 spiro atoms. The summed E-state index contributed by atoms with van der Waals surface area (Å²) in [5.41, 5.74) is 5.89. The van der Waals surface area contributed by atoms with Gasteiger partial charge in [-0.2, -0.15) is 0 Å². The van der Waals surface area contributed by atoms with Gasteiger partial charge in [0.2, 0.25) is 0 Å². The smallest absolute Gasteiger partial charge is 0.271 e. The van der Waals surface area contributed by atoms with Crippen LogP contribution in [-0.4, -0.2) is 36.7 Å². The summed E-state index contributed by atoms with van der Waals surface area (Å²) in [5.74, 6) is -0.122. The van der Waals surface area contributed by atoms with E-state index in [1.165, 1.54) is 11.3 Å². The van der Waals surface area contributed by atoms with Gasteiger partial charge >= 0.3 is 0 Å². The van der Waals surface area contributed by atoms with Crippen LogP contribution in [0, 0.1) is 0 Å². The van der Waals surface area contributed by atoms with Crippen LogP contribution in [0.5, 0.6) is 0 Å². The lowest BCUT2D eigenvalue weighted by Gasteiger charge is -2.26. The third-order valence-corrected chi connectivity index (χ3v) is 3.02. The molecular formula is C9H13N3O2S. The molecule has 1 aliphatic heterocycles. The van der Waals surface area contributed by atoms with E-state index in [0.717, 1.165) is 11.4 Å². The highest BCUT2D eigenvalue weighted by atomic mass is 32.1. The van der Waals surface area contributed by atoms with Gasteiger partial charge in [0.15, 0.2) is 0 Å². The fraction of sp³-hybridized carbons (Fsp3) is 0.556. The maximum atomic E-state index is 11.6. The van der Waals surface area contributed by atoms with Crippen LogP contribution in [0.3, 0.4) is 0 Å². The molecule has 82 valence electrons. The molecule has 1 fully saturated rings. The lowest BCUT2D eigenvalue weighted by Crippen LogP contribution is -2.48. The fourth-order valence-electron chi connectivity index (χ4n) is 1.23. The van der Waals surface area contributed by atoms with Gasteiger partial charge in [0, 0.05) is 11.8 Å². The highest BCUT2D eigenvalue weighted by Crippen LogP contribution is 2.10. The Morgan fingerprint density at radius 3 is 3.13 bits per heavy atom. The summed E-state index contributed by atoms with van der Waals surface area (Å²) in [7, 11) is 0. The van der Waals surface area contributed by atoms with E-state index in [4.69, 9.17) is 10.5 Å². The van der Waals surface area contributed by atoms with Crippen LogP contribution in [0.25, 0.3) is 0 Å². The van der Waals surface area contributed by atoms with Crippen molar-refractivity contribution >= 4 is 17.2 Å². The Morgan fingerprint density at radius 1 is 1.73 bits per heavy atom. The van der Waals surface area contributed by atoms with E-state index >= 15 is 0 Å². The van der Waals surface area contributed by atoms with Gasteiger partial charge in [0.1, 0.15) is 5.69 Å². The largest absolute Gasteiger partial charge is 0.377 e. The van der Waals surface area contributed by atoms with Gasteiger partial charge in [-0.25, -0.2) is 4.98 Å². The predicted molar refractivity (Wildman–Crippen MR) is 56.9 cm³/mol. The number of nitrogens with zero attached hydrogens (tertiary/aromatic N) is 1. The summed E-state index contributed by atoms with van der Waals surface area (Å²) in [6, 6.07) is 0.150. The van der Waals surface area contributed by atoms with E-state index in [2.05, 4.69) is 10.3 Å². The Hall–Kier alpha value is -0.980. The molecule has 0 unspecified atom stereocenters. The Balaban J connectivity index is 1.92. The molecule has 1 amide bonds. The molecule has 1 aliphatic rings. The topological polar surface area (TPSA) is 77.2 Å². The zero-order valence-electron chi connectivity index (χ0n) is 8.23. The molecule has 1 aromatic heterocycles. The van der Waals surface area contributed by atoms with Crippen LogP contribution < -0.4 is 11.1 Å². The number of hydrogen-bond donors (Lipinski definition) is 2. The number of rotatable bonds is 4. The summed E-state index contributed by atoms with van der Waals surface area (Å²) in [4.78, 5) is 15.8. The molecular weight excluding hydrogens is 214 g/mol. The number of thiazole rings is 1. The number of aromatic nitrogens is 1. The summed E-state index contributed by atoms with van der Waals surface area (Å²) >= 11 is 1.47. The van der Waals surface area contributed by atoms with E-state index in [1.54, 1.807) is 5.38 Å². The number of amides is 1. The average molecular weight is 227 g/mol. The van der Waals surface area contributed by atoms with Crippen molar-refractivity contribution in [1.82, 2.24) is 10.3 Å². The van der Waals surface area contributed by atoms with Crippen LogP contribution >= 0.6 is 11.3 Å². The molecule has 1 saturated heterocycles. The van der Waals surface area contributed by atoms with Crippen molar-refractivity contribution in [3.63, 3.8) is 0 Å². The molecule has 0 aromatic carbocycles. The maximum Gasteiger partial charge on any atom is 0.271 e. The normalized spacial score (nSPS) is 16.1. The molecule has 0 atom stereocenters. The van der Waals surface area contributed by atoms with E-state index in [1.807, 2.05) is 0 Å². The van der Waals surface area contributed by atoms with Crippen molar-refractivity contribution in [2.75, 3.05) is 19.8 Å². The molecule has 1 aromatic rings. The van der Waals surface area contributed by atoms with E-state index in [-0.39, 0.29) is 11.9 Å². The standard InChI is InChI=1S/C9H13N3O2S/c10-2-1-8-12-7(5-15-8)9(13)11-6-3-14-4-6/h5-6H,1-4,10H2,(H,11,13). The van der Waals surface area contributed by atoms with E-state index < -0.39 is 0 Å². The Kier molecular flexibility index (Phi) is 3.30. The van der Waals surface area contributed by atoms with Crippen LogP contribution in [-0.2, 0) is 11.2 Å². The first-order chi connectivity index (χ1) is 7.29. The monoisotopic (exact) mass is 227 g/mol. The number of hydrogen-bond acceptors (Lipinski definition) is 5. The molecule has 0 aliphatic carbocycles. The average Bonchev–Trinajstić information content (AvgIpc) is 2.60. The molecule has 6 heteroatoms. The zero-order chi connectivity index (χ0) is 10.7. The summed E-state index contributed by atoms with van der Waals surface area (Å²) < 4.78 is 4.97. The highest BCUT2D eigenvalue weighted by molar-refractivity contribution is 7.09. The van der Waals surface area contributed by atoms with Crippen molar-refractivity contribution in [1.29, 1.82) is 0 Å². The highest BCUT2D eigenvalue weighted by Gasteiger charge is 2.22. The quantitative estimate of drug-likeness (QED) is 0.745. The predicted octanol–water partition coefficient (Wildman–Crippen LogP) is -0.227. The molecule has 2 heterocycles. The third kappa shape index (κ3) is 2.53. The molecule has 3 N–H and O–H groups in total. The minimum atomic E-state index is -0.122. The minimum Gasteiger partial charge on any atom is -0.377 e. The van der Waals surface area contributed by atoms with Crippen molar-refractivity contribution < 1.29 is 9.53 Å². The minimum absolute atomic E-state index is 0.122. The molecule has 2 rings (SSSR count). The molecule has 0 bridgehead atoms. The number of ether oxygens (including phenoxy) is 1. The Morgan fingerprint density at radius 2 is 2.53 bits per heavy atom. The van der Waals surface area contributed by atoms with Crippen LogP contribution in [0.2, 0.25) is 0 Å². The lowest BCUT2D eigenvalue weighted by molar-refractivity contribution is -0.00353. The van der Waals surface area contributed by atoms with Crippen molar-refractivity contribution in [3.8, 4) is 0 Å². The lowest BCUT2D eigenvalue weighted by atomic mass is 10.2. The molecule has 15 heavy (non-hydrogen) atoms. The maximum absolute atomic E-state index is 11.6. The van der Waals surface area contributed by atoms with Gasteiger partial charge in [-0.1, -0.05) is 0 Å². The van der Waals surface area contributed by atoms with Crippen molar-refractivity contribution in [3.05, 3.63) is 16.1 Å². The van der Waals surface area contributed by atoms with Gasteiger partial charge in [0.05, 0.1) is 24.3 Å². The number of nitrogens with two attached hydrogens (primary N) is 1. The fourth-order valence-corrected chi connectivity index (χ4v) is 2.03. The van der Waals surface area contributed by atoms with Gasteiger partial charge < -0.3 is 15.8 Å². The molecule has 0 radical (unpaired) electrons. The first kappa shape index (κ1) is 10.5. The van der Waals surface area contributed by atoms with Crippen LogP contribution in [0.15, 0.2) is 5.38 Å². The van der Waals surface area contributed by atoms with Crippen LogP contribution in [0.4, 0.5) is 0 Å². The summed E-state index contributed by atoms with van der Waals surface area (Å²) in [6.45, 7) is 1.77.